The van der Waals surface area contributed by atoms with E-state index in [9.17, 15) is 4.79 Å². The molecule has 1 heterocycles. The second-order valence-corrected chi connectivity index (χ2v) is 6.12. The number of unbranched alkanes of at least 4 members (excludes halogenated alkanes) is 6. The van der Waals surface area contributed by atoms with Gasteiger partial charge >= 0.3 is 0 Å². The molecular weight excluding hydrogens is 248 g/mol. The van der Waals surface area contributed by atoms with Crippen LogP contribution in [0, 0.1) is 0 Å². The Morgan fingerprint density at radius 1 is 0.950 bits per heavy atom. The van der Waals surface area contributed by atoms with Gasteiger partial charge in [0.25, 0.3) is 0 Å². The molecule has 0 saturated carbocycles. The molecule has 0 unspecified atom stereocenters. The normalized spacial score (nSPS) is 16.2. The van der Waals surface area contributed by atoms with Gasteiger partial charge in [0, 0.05) is 19.5 Å². The van der Waals surface area contributed by atoms with E-state index in [4.69, 9.17) is 0 Å². The molecule has 1 aliphatic rings. The maximum Gasteiger partial charge on any atom is 0.220 e. The molecule has 1 saturated heterocycles. The smallest absolute Gasteiger partial charge is 0.220 e. The molecule has 0 radical (unpaired) electrons. The Kier molecular flexibility index (Phi) is 10.7. The van der Waals surface area contributed by atoms with E-state index in [2.05, 4.69) is 17.1 Å². The van der Waals surface area contributed by atoms with Crippen LogP contribution < -0.4 is 5.32 Å². The van der Waals surface area contributed by atoms with Crippen LogP contribution in [0.5, 0.6) is 0 Å². The van der Waals surface area contributed by atoms with Crippen molar-refractivity contribution in [2.75, 3.05) is 26.2 Å². The zero-order chi connectivity index (χ0) is 14.5. The van der Waals surface area contributed by atoms with Crippen molar-refractivity contribution in [1.82, 2.24) is 10.2 Å². The fourth-order valence-electron chi connectivity index (χ4n) is 2.87. The molecule has 0 bridgehead atoms. The van der Waals surface area contributed by atoms with Crippen molar-refractivity contribution >= 4 is 5.91 Å². The molecule has 0 aromatic heterocycles. The molecular formula is C17H34N2O. The molecule has 1 N–H and O–H groups in total. The lowest BCUT2D eigenvalue weighted by molar-refractivity contribution is -0.121. The van der Waals surface area contributed by atoms with Crippen LogP contribution in [0.25, 0.3) is 0 Å². The molecule has 1 fully saturated rings. The number of rotatable bonds is 11. The van der Waals surface area contributed by atoms with Gasteiger partial charge in [0.1, 0.15) is 0 Å². The number of nitrogens with one attached hydrogen (secondary N) is 1. The van der Waals surface area contributed by atoms with Crippen LogP contribution >= 0.6 is 0 Å². The minimum absolute atomic E-state index is 0.246. The lowest BCUT2D eigenvalue weighted by Gasteiger charge is -2.26. The van der Waals surface area contributed by atoms with Crippen molar-refractivity contribution in [2.24, 2.45) is 0 Å². The predicted molar refractivity (Wildman–Crippen MR) is 85.9 cm³/mol. The van der Waals surface area contributed by atoms with Gasteiger partial charge in [-0.05, 0) is 32.4 Å². The summed E-state index contributed by atoms with van der Waals surface area (Å²) in [5.41, 5.74) is 0. The van der Waals surface area contributed by atoms with Crippen molar-refractivity contribution in [3.8, 4) is 0 Å². The van der Waals surface area contributed by atoms with Crippen LogP contribution in [0.1, 0.15) is 77.6 Å². The first kappa shape index (κ1) is 17.5. The van der Waals surface area contributed by atoms with E-state index in [1.807, 2.05) is 0 Å². The third-order valence-corrected chi connectivity index (χ3v) is 4.21. The summed E-state index contributed by atoms with van der Waals surface area (Å²) in [6.07, 6.45) is 13.7. The van der Waals surface area contributed by atoms with Gasteiger partial charge in [0.05, 0.1) is 0 Å². The van der Waals surface area contributed by atoms with E-state index in [0.717, 1.165) is 19.5 Å². The van der Waals surface area contributed by atoms with Gasteiger partial charge in [-0.2, -0.15) is 0 Å². The standard InChI is InChI=1S/C17H34N2O/c1-2-3-4-5-6-7-9-12-17(20)18-13-16-19-14-10-8-11-15-19/h2-16H2,1H3,(H,18,20). The second-order valence-electron chi connectivity index (χ2n) is 6.12. The summed E-state index contributed by atoms with van der Waals surface area (Å²) in [5, 5.41) is 3.06. The zero-order valence-corrected chi connectivity index (χ0v) is 13.5. The van der Waals surface area contributed by atoms with Gasteiger partial charge in [-0.3, -0.25) is 4.79 Å². The summed E-state index contributed by atoms with van der Waals surface area (Å²) in [6.45, 7) is 6.54. The molecule has 3 heteroatoms. The van der Waals surface area contributed by atoms with Crippen molar-refractivity contribution in [1.29, 1.82) is 0 Å². The molecule has 0 aromatic rings. The molecule has 1 rings (SSSR count). The van der Waals surface area contributed by atoms with Crippen LogP contribution in [0.2, 0.25) is 0 Å². The zero-order valence-electron chi connectivity index (χ0n) is 13.5. The summed E-state index contributed by atoms with van der Waals surface area (Å²) < 4.78 is 0. The third kappa shape index (κ3) is 9.35. The van der Waals surface area contributed by atoms with Gasteiger partial charge in [-0.25, -0.2) is 0 Å². The Labute approximate surface area is 125 Å². The minimum atomic E-state index is 0.246. The molecule has 0 aromatic carbocycles. The Morgan fingerprint density at radius 2 is 1.60 bits per heavy atom. The lowest BCUT2D eigenvalue weighted by Crippen LogP contribution is -2.37. The van der Waals surface area contributed by atoms with Crippen molar-refractivity contribution in [3.05, 3.63) is 0 Å². The van der Waals surface area contributed by atoms with E-state index in [0.29, 0.717) is 6.42 Å². The minimum Gasteiger partial charge on any atom is -0.355 e. The lowest BCUT2D eigenvalue weighted by atomic mass is 10.1. The van der Waals surface area contributed by atoms with E-state index >= 15 is 0 Å². The Hall–Kier alpha value is -0.570. The quantitative estimate of drug-likeness (QED) is 0.586. The molecule has 20 heavy (non-hydrogen) atoms. The summed E-state index contributed by atoms with van der Waals surface area (Å²) >= 11 is 0. The number of piperidine rings is 1. The maximum atomic E-state index is 11.7. The van der Waals surface area contributed by atoms with Gasteiger partial charge in [0.2, 0.25) is 5.91 Å². The van der Waals surface area contributed by atoms with Gasteiger partial charge in [-0.15, -0.1) is 0 Å². The maximum absolute atomic E-state index is 11.7. The van der Waals surface area contributed by atoms with Gasteiger partial charge < -0.3 is 10.2 Å². The first-order valence-corrected chi connectivity index (χ1v) is 8.82. The average molecular weight is 282 g/mol. The summed E-state index contributed by atoms with van der Waals surface area (Å²) in [6, 6.07) is 0. The fourth-order valence-corrected chi connectivity index (χ4v) is 2.87. The first-order valence-electron chi connectivity index (χ1n) is 8.82. The molecule has 0 spiro atoms. The number of likely N-dealkylation sites (tertiary alicyclic amines) is 1. The summed E-state index contributed by atoms with van der Waals surface area (Å²) in [4.78, 5) is 14.2. The highest BCUT2D eigenvalue weighted by Gasteiger charge is 2.09. The molecule has 0 atom stereocenters. The molecule has 118 valence electrons. The Morgan fingerprint density at radius 3 is 2.30 bits per heavy atom. The van der Waals surface area contributed by atoms with Gasteiger partial charge in [0.15, 0.2) is 0 Å². The number of hydrogen-bond donors (Lipinski definition) is 1. The SMILES string of the molecule is CCCCCCCCCC(=O)NCCN1CCCCC1. The number of carbonyl (C=O) groups excluding carboxylic acids is 1. The highest BCUT2D eigenvalue weighted by molar-refractivity contribution is 5.75. The average Bonchev–Trinajstić information content (AvgIpc) is 2.47. The summed E-state index contributed by atoms with van der Waals surface area (Å²) in [7, 11) is 0. The van der Waals surface area contributed by atoms with Gasteiger partial charge in [-0.1, -0.05) is 51.9 Å². The van der Waals surface area contributed by atoms with Crippen LogP contribution in [-0.2, 0) is 4.79 Å². The van der Waals surface area contributed by atoms with Crippen molar-refractivity contribution < 1.29 is 4.79 Å². The highest BCUT2D eigenvalue weighted by Crippen LogP contribution is 2.09. The Bertz CT molecular complexity index is 237. The van der Waals surface area contributed by atoms with Crippen LogP contribution in [-0.4, -0.2) is 37.0 Å². The van der Waals surface area contributed by atoms with E-state index in [-0.39, 0.29) is 5.91 Å². The molecule has 1 aliphatic heterocycles. The van der Waals surface area contributed by atoms with E-state index in [1.165, 1.54) is 70.9 Å². The summed E-state index contributed by atoms with van der Waals surface area (Å²) in [5.74, 6) is 0.246. The number of nitrogens with zero attached hydrogens (tertiary/aromatic N) is 1. The highest BCUT2D eigenvalue weighted by atomic mass is 16.1. The number of hydrogen-bond acceptors (Lipinski definition) is 2. The van der Waals surface area contributed by atoms with Crippen LogP contribution in [0.15, 0.2) is 0 Å². The Balaban J connectivity index is 1.85. The predicted octanol–water partition coefficient (Wildman–Crippen LogP) is 3.73. The van der Waals surface area contributed by atoms with E-state index in [1.54, 1.807) is 0 Å². The topological polar surface area (TPSA) is 32.3 Å². The first-order chi connectivity index (χ1) is 9.83. The van der Waals surface area contributed by atoms with Crippen molar-refractivity contribution in [3.63, 3.8) is 0 Å². The number of carbonyl (C=O) groups is 1. The van der Waals surface area contributed by atoms with Crippen LogP contribution in [0.4, 0.5) is 0 Å². The van der Waals surface area contributed by atoms with Crippen molar-refractivity contribution in [2.45, 2.75) is 77.6 Å². The molecule has 0 aliphatic carbocycles. The third-order valence-electron chi connectivity index (χ3n) is 4.21. The van der Waals surface area contributed by atoms with Crippen LogP contribution in [0.3, 0.4) is 0 Å². The fraction of sp³-hybridized carbons (Fsp3) is 0.941. The molecule has 1 amide bonds. The van der Waals surface area contributed by atoms with E-state index < -0.39 is 0 Å². The monoisotopic (exact) mass is 282 g/mol. The number of amides is 1. The second kappa shape index (κ2) is 12.2. The largest absolute Gasteiger partial charge is 0.355 e. The molecule has 3 nitrogen and oxygen atoms in total.